The monoisotopic (exact) mass is 236 g/mol. The Balaban J connectivity index is 3.40. The van der Waals surface area contributed by atoms with E-state index in [2.05, 4.69) is 36.7 Å². The van der Waals surface area contributed by atoms with Crippen molar-refractivity contribution in [1.82, 2.24) is 0 Å². The van der Waals surface area contributed by atoms with Gasteiger partial charge in [0.25, 0.3) is 0 Å². The lowest BCUT2D eigenvalue weighted by Gasteiger charge is -2.16. The summed E-state index contributed by atoms with van der Waals surface area (Å²) < 4.78 is 5.08. The summed E-state index contributed by atoms with van der Waals surface area (Å²) in [6, 6.07) is 0. The number of halogens is 1. The number of alkyl halides is 1. The van der Waals surface area contributed by atoms with Crippen molar-refractivity contribution >= 4 is 15.9 Å². The molecule has 0 rings (SSSR count). The molecule has 0 aromatic carbocycles. The Labute approximate surface area is 85.0 Å². The fraction of sp³-hybridized carbons (Fsp3) is 1.00. The minimum absolute atomic E-state index is 0.664. The summed E-state index contributed by atoms with van der Waals surface area (Å²) in [5, 5.41) is 0. The van der Waals surface area contributed by atoms with Crippen LogP contribution in [0.2, 0.25) is 0 Å². The van der Waals surface area contributed by atoms with Crippen LogP contribution in [0.5, 0.6) is 0 Å². The van der Waals surface area contributed by atoms with E-state index in [1.165, 1.54) is 12.8 Å². The number of methoxy groups -OCH3 is 1. The van der Waals surface area contributed by atoms with Crippen LogP contribution in [-0.2, 0) is 4.74 Å². The molecule has 0 aliphatic heterocycles. The SMILES string of the molecule is COCC(C)CCC(Br)C(C)C. The van der Waals surface area contributed by atoms with Crippen molar-refractivity contribution in [2.45, 2.75) is 38.4 Å². The van der Waals surface area contributed by atoms with Gasteiger partial charge in [-0.3, -0.25) is 0 Å². The van der Waals surface area contributed by atoms with Crippen LogP contribution in [0.15, 0.2) is 0 Å². The Hall–Kier alpha value is 0.440. The molecule has 2 atom stereocenters. The first-order valence-electron chi connectivity index (χ1n) is 4.71. The zero-order valence-corrected chi connectivity index (χ0v) is 10.2. The average molecular weight is 237 g/mol. The standard InChI is InChI=1S/C10H21BrO/c1-8(2)10(11)6-5-9(3)7-12-4/h8-10H,5-7H2,1-4H3. The Kier molecular flexibility index (Phi) is 7.16. The van der Waals surface area contributed by atoms with Crippen LogP contribution in [0.1, 0.15) is 33.6 Å². The van der Waals surface area contributed by atoms with E-state index in [4.69, 9.17) is 4.74 Å². The molecule has 0 saturated heterocycles. The fourth-order valence-electron chi connectivity index (χ4n) is 1.14. The van der Waals surface area contributed by atoms with Crippen LogP contribution in [-0.4, -0.2) is 18.5 Å². The molecule has 0 N–H and O–H groups in total. The first kappa shape index (κ1) is 12.4. The maximum Gasteiger partial charge on any atom is 0.0487 e. The smallest absolute Gasteiger partial charge is 0.0487 e. The quantitative estimate of drug-likeness (QED) is 0.643. The lowest BCUT2D eigenvalue weighted by atomic mass is 10.0. The molecule has 0 amide bonds. The Morgan fingerprint density at radius 3 is 2.17 bits per heavy atom. The predicted octanol–water partition coefficient (Wildman–Crippen LogP) is 3.47. The van der Waals surface area contributed by atoms with Gasteiger partial charge in [0.15, 0.2) is 0 Å². The summed E-state index contributed by atoms with van der Waals surface area (Å²) in [5.41, 5.74) is 0. The molecule has 12 heavy (non-hydrogen) atoms. The van der Waals surface area contributed by atoms with Crippen LogP contribution < -0.4 is 0 Å². The van der Waals surface area contributed by atoms with Crippen molar-refractivity contribution in [2.24, 2.45) is 11.8 Å². The largest absolute Gasteiger partial charge is 0.384 e. The molecule has 2 unspecified atom stereocenters. The van der Waals surface area contributed by atoms with Gasteiger partial charge < -0.3 is 4.74 Å². The fourth-order valence-corrected chi connectivity index (χ4v) is 1.41. The zero-order chi connectivity index (χ0) is 9.56. The topological polar surface area (TPSA) is 9.23 Å². The van der Waals surface area contributed by atoms with Gasteiger partial charge >= 0.3 is 0 Å². The Morgan fingerprint density at radius 1 is 1.17 bits per heavy atom. The molecule has 0 fully saturated rings. The van der Waals surface area contributed by atoms with E-state index in [1.54, 1.807) is 7.11 Å². The lowest BCUT2D eigenvalue weighted by Crippen LogP contribution is -2.11. The number of hydrogen-bond acceptors (Lipinski definition) is 1. The summed E-state index contributed by atoms with van der Waals surface area (Å²) in [6.07, 6.45) is 2.50. The second-order valence-corrected chi connectivity index (χ2v) is 5.07. The van der Waals surface area contributed by atoms with Crippen LogP contribution >= 0.6 is 15.9 Å². The highest BCUT2D eigenvalue weighted by atomic mass is 79.9. The van der Waals surface area contributed by atoms with Crippen molar-refractivity contribution in [2.75, 3.05) is 13.7 Å². The highest BCUT2D eigenvalue weighted by Crippen LogP contribution is 2.20. The van der Waals surface area contributed by atoms with E-state index >= 15 is 0 Å². The molecule has 2 heteroatoms. The van der Waals surface area contributed by atoms with Gasteiger partial charge in [0.2, 0.25) is 0 Å². The van der Waals surface area contributed by atoms with Crippen LogP contribution in [0.4, 0.5) is 0 Å². The van der Waals surface area contributed by atoms with Crippen LogP contribution in [0.25, 0.3) is 0 Å². The Bertz CT molecular complexity index is 104. The molecular formula is C10H21BrO. The normalized spacial score (nSPS) is 16.5. The van der Waals surface area contributed by atoms with E-state index in [9.17, 15) is 0 Å². The summed E-state index contributed by atoms with van der Waals surface area (Å²) in [7, 11) is 1.77. The number of rotatable bonds is 6. The molecule has 0 radical (unpaired) electrons. The maximum atomic E-state index is 5.08. The van der Waals surface area contributed by atoms with Crippen molar-refractivity contribution in [3.8, 4) is 0 Å². The minimum atomic E-state index is 0.664. The van der Waals surface area contributed by atoms with Crippen molar-refractivity contribution in [1.29, 1.82) is 0 Å². The van der Waals surface area contributed by atoms with Gasteiger partial charge in [0, 0.05) is 18.5 Å². The third-order valence-electron chi connectivity index (χ3n) is 2.11. The Morgan fingerprint density at radius 2 is 1.75 bits per heavy atom. The first-order chi connectivity index (χ1) is 5.57. The molecular weight excluding hydrogens is 216 g/mol. The zero-order valence-electron chi connectivity index (χ0n) is 8.64. The third kappa shape index (κ3) is 6.01. The molecule has 0 saturated carbocycles. The van der Waals surface area contributed by atoms with E-state index in [-0.39, 0.29) is 0 Å². The summed E-state index contributed by atoms with van der Waals surface area (Å²) in [6.45, 7) is 7.63. The van der Waals surface area contributed by atoms with Crippen LogP contribution in [0, 0.1) is 11.8 Å². The summed E-state index contributed by atoms with van der Waals surface area (Å²) in [4.78, 5) is 0.664. The summed E-state index contributed by atoms with van der Waals surface area (Å²) >= 11 is 3.68. The third-order valence-corrected chi connectivity index (χ3v) is 3.62. The van der Waals surface area contributed by atoms with Crippen LogP contribution in [0.3, 0.4) is 0 Å². The van der Waals surface area contributed by atoms with Gasteiger partial charge in [-0.15, -0.1) is 0 Å². The highest BCUT2D eigenvalue weighted by molar-refractivity contribution is 9.09. The first-order valence-corrected chi connectivity index (χ1v) is 5.62. The summed E-state index contributed by atoms with van der Waals surface area (Å²) in [5.74, 6) is 1.42. The highest BCUT2D eigenvalue weighted by Gasteiger charge is 2.10. The number of hydrogen-bond donors (Lipinski definition) is 0. The molecule has 0 bridgehead atoms. The minimum Gasteiger partial charge on any atom is -0.384 e. The lowest BCUT2D eigenvalue weighted by molar-refractivity contribution is 0.154. The van der Waals surface area contributed by atoms with E-state index in [0.29, 0.717) is 10.7 Å². The molecule has 0 aliphatic rings. The molecule has 0 heterocycles. The van der Waals surface area contributed by atoms with Gasteiger partial charge in [0.05, 0.1) is 0 Å². The predicted molar refractivity (Wildman–Crippen MR) is 57.8 cm³/mol. The molecule has 0 aromatic heterocycles. The molecule has 74 valence electrons. The van der Waals surface area contributed by atoms with E-state index < -0.39 is 0 Å². The second-order valence-electron chi connectivity index (χ2n) is 3.90. The van der Waals surface area contributed by atoms with Gasteiger partial charge in [0.1, 0.15) is 0 Å². The average Bonchev–Trinajstić information content (AvgIpc) is 2.00. The van der Waals surface area contributed by atoms with Crippen molar-refractivity contribution in [3.63, 3.8) is 0 Å². The molecule has 0 aliphatic carbocycles. The van der Waals surface area contributed by atoms with Gasteiger partial charge in [-0.25, -0.2) is 0 Å². The number of ether oxygens (including phenoxy) is 1. The van der Waals surface area contributed by atoms with Crippen molar-refractivity contribution in [3.05, 3.63) is 0 Å². The molecule has 1 nitrogen and oxygen atoms in total. The van der Waals surface area contributed by atoms with Gasteiger partial charge in [-0.1, -0.05) is 36.7 Å². The van der Waals surface area contributed by atoms with E-state index in [0.717, 1.165) is 12.5 Å². The molecule has 0 aromatic rings. The van der Waals surface area contributed by atoms with E-state index in [1.807, 2.05) is 0 Å². The van der Waals surface area contributed by atoms with Gasteiger partial charge in [-0.05, 0) is 24.7 Å². The van der Waals surface area contributed by atoms with Crippen molar-refractivity contribution < 1.29 is 4.74 Å². The maximum absolute atomic E-state index is 5.08. The van der Waals surface area contributed by atoms with Gasteiger partial charge in [-0.2, -0.15) is 0 Å². The second kappa shape index (κ2) is 6.90. The molecule has 0 spiro atoms.